The van der Waals surface area contributed by atoms with Crippen molar-refractivity contribution in [1.82, 2.24) is 0 Å². The van der Waals surface area contributed by atoms with Crippen LogP contribution in [0.3, 0.4) is 0 Å². The van der Waals surface area contributed by atoms with Gasteiger partial charge in [-0.3, -0.25) is 0 Å². The second-order valence-electron chi connectivity index (χ2n) is 1.98. The molecule has 1 aromatic carbocycles. The summed E-state index contributed by atoms with van der Waals surface area (Å²) < 4.78 is 0. The SMILES string of the molecule is Cc1[c-]cccc1C.[Y]. The molecule has 0 saturated heterocycles. The molecule has 0 heterocycles. The Balaban J connectivity index is 0.000000640. The Kier molecular flexibility index (Phi) is 4.34. The Hall–Kier alpha value is 0.324. The number of rotatable bonds is 0. The molecule has 9 heavy (non-hydrogen) atoms. The molecule has 0 aliphatic carbocycles. The van der Waals surface area contributed by atoms with E-state index in [2.05, 4.69) is 26.0 Å². The van der Waals surface area contributed by atoms with Crippen molar-refractivity contribution < 1.29 is 32.7 Å². The third-order valence-electron chi connectivity index (χ3n) is 1.33. The van der Waals surface area contributed by atoms with Gasteiger partial charge in [-0.2, -0.15) is 35.4 Å². The number of hydrogen-bond acceptors (Lipinski definition) is 0. The van der Waals surface area contributed by atoms with Crippen LogP contribution in [0, 0.1) is 19.9 Å². The first-order valence-corrected chi connectivity index (χ1v) is 2.74. The maximum absolute atomic E-state index is 3.10. The molecule has 0 aliphatic heterocycles. The van der Waals surface area contributed by atoms with Crippen LogP contribution in [0.15, 0.2) is 18.2 Å². The van der Waals surface area contributed by atoms with Crippen molar-refractivity contribution >= 4 is 0 Å². The summed E-state index contributed by atoms with van der Waals surface area (Å²) in [6, 6.07) is 9.12. The van der Waals surface area contributed by atoms with Gasteiger partial charge in [0.1, 0.15) is 0 Å². The van der Waals surface area contributed by atoms with Crippen LogP contribution in [0.2, 0.25) is 0 Å². The molecule has 0 atom stereocenters. The molecule has 45 valence electrons. The van der Waals surface area contributed by atoms with Gasteiger partial charge in [0.2, 0.25) is 0 Å². The molecule has 0 bridgehead atoms. The average molecular weight is 194 g/mol. The summed E-state index contributed by atoms with van der Waals surface area (Å²) >= 11 is 0. The average Bonchev–Trinajstić information content (AvgIpc) is 1.77. The molecule has 0 nitrogen and oxygen atoms in total. The van der Waals surface area contributed by atoms with Gasteiger partial charge in [-0.25, -0.2) is 0 Å². The van der Waals surface area contributed by atoms with Crippen molar-refractivity contribution in [2.75, 3.05) is 0 Å². The van der Waals surface area contributed by atoms with Crippen LogP contribution in [0.5, 0.6) is 0 Å². The van der Waals surface area contributed by atoms with E-state index in [1.807, 2.05) is 12.1 Å². The van der Waals surface area contributed by atoms with E-state index in [0.29, 0.717) is 0 Å². The van der Waals surface area contributed by atoms with E-state index in [4.69, 9.17) is 0 Å². The second-order valence-corrected chi connectivity index (χ2v) is 1.98. The van der Waals surface area contributed by atoms with Gasteiger partial charge in [-0.05, 0) is 0 Å². The van der Waals surface area contributed by atoms with Crippen LogP contribution < -0.4 is 0 Å². The van der Waals surface area contributed by atoms with Crippen molar-refractivity contribution in [2.45, 2.75) is 13.8 Å². The molecular weight excluding hydrogens is 185 g/mol. The maximum atomic E-state index is 3.10. The van der Waals surface area contributed by atoms with Crippen LogP contribution >= 0.6 is 0 Å². The Morgan fingerprint density at radius 1 is 1.33 bits per heavy atom. The molecule has 1 aromatic rings. The topological polar surface area (TPSA) is 0 Å². The molecule has 0 N–H and O–H groups in total. The summed E-state index contributed by atoms with van der Waals surface area (Å²) in [5.41, 5.74) is 2.56. The first-order chi connectivity index (χ1) is 3.80. The zero-order valence-electron chi connectivity index (χ0n) is 5.81. The Bertz CT molecular complexity index is 161. The Labute approximate surface area is 81.5 Å². The summed E-state index contributed by atoms with van der Waals surface area (Å²) in [6.45, 7) is 4.15. The fraction of sp³-hybridized carbons (Fsp3) is 0.250. The number of aryl methyl sites for hydroxylation is 2. The summed E-state index contributed by atoms with van der Waals surface area (Å²) in [6.07, 6.45) is 0. The van der Waals surface area contributed by atoms with Crippen molar-refractivity contribution in [3.05, 3.63) is 35.4 Å². The maximum Gasteiger partial charge on any atom is 0 e. The Morgan fingerprint density at radius 3 is 2.33 bits per heavy atom. The van der Waals surface area contributed by atoms with Gasteiger partial charge in [0.15, 0.2) is 0 Å². The second kappa shape index (κ2) is 4.19. The molecule has 0 saturated carbocycles. The Morgan fingerprint density at radius 2 is 2.00 bits per heavy atom. The smallest absolute Gasteiger partial charge is 0 e. The van der Waals surface area contributed by atoms with Crippen molar-refractivity contribution in [3.63, 3.8) is 0 Å². The first kappa shape index (κ1) is 9.32. The van der Waals surface area contributed by atoms with Crippen LogP contribution in [0.25, 0.3) is 0 Å². The summed E-state index contributed by atoms with van der Waals surface area (Å²) in [4.78, 5) is 0. The third kappa shape index (κ3) is 2.60. The van der Waals surface area contributed by atoms with Gasteiger partial charge in [-0.1, -0.05) is 13.8 Å². The van der Waals surface area contributed by atoms with Gasteiger partial charge in [0, 0.05) is 32.7 Å². The molecule has 1 radical (unpaired) electrons. The van der Waals surface area contributed by atoms with E-state index in [9.17, 15) is 0 Å². The largest absolute Gasteiger partial charge is 0.180 e. The van der Waals surface area contributed by atoms with E-state index < -0.39 is 0 Å². The summed E-state index contributed by atoms with van der Waals surface area (Å²) in [5.74, 6) is 0. The molecule has 0 amide bonds. The fourth-order valence-corrected chi connectivity index (χ4v) is 0.604. The zero-order chi connectivity index (χ0) is 5.98. The van der Waals surface area contributed by atoms with E-state index in [-0.39, 0.29) is 32.7 Å². The third-order valence-corrected chi connectivity index (χ3v) is 1.33. The predicted octanol–water partition coefficient (Wildman–Crippen LogP) is 2.10. The fourth-order valence-electron chi connectivity index (χ4n) is 0.604. The normalized spacial score (nSPS) is 8.22. The van der Waals surface area contributed by atoms with Crippen molar-refractivity contribution in [1.29, 1.82) is 0 Å². The molecule has 0 unspecified atom stereocenters. The summed E-state index contributed by atoms with van der Waals surface area (Å²) in [5, 5.41) is 0. The van der Waals surface area contributed by atoms with Crippen LogP contribution in [-0.4, -0.2) is 0 Å². The number of benzene rings is 1. The molecular formula is C8H9Y-. The number of hydrogen-bond donors (Lipinski definition) is 0. The monoisotopic (exact) mass is 194 g/mol. The van der Waals surface area contributed by atoms with Crippen LogP contribution in [0.4, 0.5) is 0 Å². The van der Waals surface area contributed by atoms with E-state index in [0.717, 1.165) is 0 Å². The predicted molar refractivity (Wildman–Crippen MR) is 34.8 cm³/mol. The molecule has 0 spiro atoms. The van der Waals surface area contributed by atoms with Gasteiger partial charge < -0.3 is 0 Å². The summed E-state index contributed by atoms with van der Waals surface area (Å²) in [7, 11) is 0. The molecule has 1 rings (SSSR count). The minimum absolute atomic E-state index is 0. The van der Waals surface area contributed by atoms with Crippen molar-refractivity contribution in [3.8, 4) is 0 Å². The molecule has 0 aliphatic rings. The minimum atomic E-state index is 0. The van der Waals surface area contributed by atoms with Crippen molar-refractivity contribution in [2.24, 2.45) is 0 Å². The van der Waals surface area contributed by atoms with E-state index >= 15 is 0 Å². The van der Waals surface area contributed by atoms with E-state index in [1.54, 1.807) is 0 Å². The van der Waals surface area contributed by atoms with Gasteiger partial charge in [0.25, 0.3) is 0 Å². The first-order valence-electron chi connectivity index (χ1n) is 2.74. The van der Waals surface area contributed by atoms with E-state index in [1.165, 1.54) is 11.1 Å². The molecule has 1 heteroatoms. The van der Waals surface area contributed by atoms with Gasteiger partial charge >= 0.3 is 0 Å². The molecule has 0 aromatic heterocycles. The minimum Gasteiger partial charge on any atom is -0.180 e. The van der Waals surface area contributed by atoms with Gasteiger partial charge in [-0.15, -0.1) is 0 Å². The van der Waals surface area contributed by atoms with Crippen LogP contribution in [0.1, 0.15) is 11.1 Å². The molecule has 0 fully saturated rings. The zero-order valence-corrected chi connectivity index (χ0v) is 8.65. The quantitative estimate of drug-likeness (QED) is 0.555. The van der Waals surface area contributed by atoms with Gasteiger partial charge in [0.05, 0.1) is 0 Å². The standard InChI is InChI=1S/C8H9.Y/c1-7-5-3-4-6-8(7)2;/h3-5H,1-2H3;/q-1;. The van der Waals surface area contributed by atoms with Crippen LogP contribution in [-0.2, 0) is 32.7 Å².